The van der Waals surface area contributed by atoms with Crippen LogP contribution in [0.5, 0.6) is 0 Å². The van der Waals surface area contributed by atoms with Gasteiger partial charge in [0.25, 0.3) is 0 Å². The molecule has 0 amide bonds. The maximum Gasteiger partial charge on any atom is 0.192 e. The minimum Gasteiger partial charge on any atom is -0.344 e. The van der Waals surface area contributed by atoms with Gasteiger partial charge in [0.05, 0.1) is 31.2 Å². The molecule has 2 aliphatic rings. The van der Waals surface area contributed by atoms with Crippen molar-refractivity contribution in [3.8, 4) is 5.69 Å². The van der Waals surface area contributed by atoms with Gasteiger partial charge in [0.15, 0.2) is 5.79 Å². The van der Waals surface area contributed by atoms with Gasteiger partial charge in [0.2, 0.25) is 0 Å². The third-order valence-electron chi connectivity index (χ3n) is 5.29. The van der Waals surface area contributed by atoms with E-state index >= 15 is 0 Å². The second-order valence-electron chi connectivity index (χ2n) is 7.06. The van der Waals surface area contributed by atoms with Crippen LogP contribution in [0.2, 0.25) is 0 Å². The molecular formula is C22H21N3O2. The monoisotopic (exact) mass is 359 g/mol. The molecule has 5 heteroatoms. The Morgan fingerprint density at radius 3 is 2.59 bits per heavy atom. The van der Waals surface area contributed by atoms with E-state index in [1.807, 2.05) is 31.3 Å². The molecule has 1 fully saturated rings. The van der Waals surface area contributed by atoms with E-state index in [0.29, 0.717) is 19.8 Å². The lowest BCUT2D eigenvalue weighted by molar-refractivity contribution is -0.149. The van der Waals surface area contributed by atoms with Gasteiger partial charge in [-0.3, -0.25) is 9.56 Å². The number of benzene rings is 2. The van der Waals surface area contributed by atoms with Crippen molar-refractivity contribution in [2.45, 2.75) is 26.2 Å². The summed E-state index contributed by atoms with van der Waals surface area (Å²) in [5.74, 6) is 0.239. The third kappa shape index (κ3) is 2.62. The molecule has 2 aromatic carbocycles. The van der Waals surface area contributed by atoms with Crippen LogP contribution < -0.4 is 0 Å². The maximum atomic E-state index is 5.89. The number of hydrogen-bond donors (Lipinski definition) is 0. The van der Waals surface area contributed by atoms with Crippen LogP contribution in [0.25, 0.3) is 5.69 Å². The molecule has 2 aliphatic heterocycles. The van der Waals surface area contributed by atoms with Crippen LogP contribution in [-0.4, -0.2) is 28.5 Å². The fraction of sp³-hybridized carbons (Fsp3) is 0.273. The Kier molecular flexibility index (Phi) is 3.74. The molecule has 3 aromatic rings. The van der Waals surface area contributed by atoms with Crippen molar-refractivity contribution >= 4 is 5.71 Å². The number of rotatable bonds is 2. The Balaban J connectivity index is 1.75. The van der Waals surface area contributed by atoms with Crippen LogP contribution in [0, 0.1) is 6.92 Å². The fourth-order valence-electron chi connectivity index (χ4n) is 3.89. The van der Waals surface area contributed by atoms with Gasteiger partial charge in [-0.1, -0.05) is 36.4 Å². The van der Waals surface area contributed by atoms with Crippen molar-refractivity contribution in [2.75, 3.05) is 13.2 Å². The van der Waals surface area contributed by atoms with Gasteiger partial charge in [0, 0.05) is 28.6 Å². The molecule has 1 saturated heterocycles. The molecule has 3 heterocycles. The number of fused-ring (bicyclic) bond motifs is 3. The van der Waals surface area contributed by atoms with Crippen LogP contribution in [-0.2, 0) is 21.8 Å². The maximum absolute atomic E-state index is 5.89. The van der Waals surface area contributed by atoms with E-state index in [1.165, 1.54) is 0 Å². The molecule has 0 N–H and O–H groups in total. The van der Waals surface area contributed by atoms with Gasteiger partial charge < -0.3 is 9.47 Å². The molecule has 0 atom stereocenters. The first-order valence-corrected chi connectivity index (χ1v) is 9.22. The Morgan fingerprint density at radius 2 is 1.81 bits per heavy atom. The number of ether oxygens (including phenoxy) is 2. The summed E-state index contributed by atoms with van der Waals surface area (Å²) in [6.45, 7) is 5.82. The predicted molar refractivity (Wildman–Crippen MR) is 103 cm³/mol. The summed E-state index contributed by atoms with van der Waals surface area (Å²) in [6, 6.07) is 16.7. The molecule has 1 aromatic heterocycles. The summed E-state index contributed by atoms with van der Waals surface area (Å²) in [6.07, 6.45) is 1.90. The average Bonchev–Trinajstić information content (AvgIpc) is 3.25. The zero-order valence-electron chi connectivity index (χ0n) is 15.5. The van der Waals surface area contributed by atoms with E-state index < -0.39 is 5.79 Å². The van der Waals surface area contributed by atoms with E-state index in [1.54, 1.807) is 0 Å². The number of nitrogens with zero attached hydrogens (tertiary/aromatic N) is 3. The van der Waals surface area contributed by atoms with E-state index in [0.717, 1.165) is 39.6 Å². The molecule has 5 rings (SSSR count). The molecule has 0 bridgehead atoms. The van der Waals surface area contributed by atoms with Crippen LogP contribution in [0.1, 0.15) is 35.1 Å². The first-order chi connectivity index (χ1) is 13.2. The summed E-state index contributed by atoms with van der Waals surface area (Å²) in [4.78, 5) is 9.49. The molecule has 0 saturated carbocycles. The van der Waals surface area contributed by atoms with Crippen LogP contribution in [0.15, 0.2) is 59.7 Å². The molecule has 0 aliphatic carbocycles. The lowest BCUT2D eigenvalue weighted by atomic mass is 9.96. The highest BCUT2D eigenvalue weighted by Crippen LogP contribution is 2.35. The number of hydrogen-bond acceptors (Lipinski definition) is 4. The van der Waals surface area contributed by atoms with Gasteiger partial charge >= 0.3 is 0 Å². The molecule has 0 spiro atoms. The lowest BCUT2D eigenvalue weighted by Gasteiger charge is -2.24. The number of aryl methyl sites for hydroxylation is 1. The minimum atomic E-state index is -0.712. The summed E-state index contributed by atoms with van der Waals surface area (Å²) in [5.41, 5.74) is 6.33. The highest BCUT2D eigenvalue weighted by molar-refractivity contribution is 6.15. The quantitative estimate of drug-likeness (QED) is 0.700. The molecular weight excluding hydrogens is 338 g/mol. The number of aliphatic imine (C=N–C) groups is 1. The van der Waals surface area contributed by atoms with E-state index in [-0.39, 0.29) is 0 Å². The summed E-state index contributed by atoms with van der Waals surface area (Å²) >= 11 is 0. The SMILES string of the molecule is Cc1cnc2n1-c1ccc(C3(C)OCCO3)cc1C(c1ccccc1)=NC2. The van der Waals surface area contributed by atoms with Crippen molar-refractivity contribution in [1.82, 2.24) is 9.55 Å². The first kappa shape index (κ1) is 16.4. The molecule has 0 unspecified atom stereocenters. The zero-order valence-corrected chi connectivity index (χ0v) is 15.5. The Morgan fingerprint density at radius 1 is 1.04 bits per heavy atom. The first-order valence-electron chi connectivity index (χ1n) is 9.22. The van der Waals surface area contributed by atoms with E-state index in [2.05, 4.69) is 46.8 Å². The van der Waals surface area contributed by atoms with Crippen molar-refractivity contribution in [2.24, 2.45) is 4.99 Å². The van der Waals surface area contributed by atoms with Gasteiger partial charge in [0.1, 0.15) is 5.82 Å². The normalized spacial score (nSPS) is 17.8. The second kappa shape index (κ2) is 6.15. The Labute approximate surface area is 158 Å². The predicted octanol–water partition coefficient (Wildman–Crippen LogP) is 3.75. The van der Waals surface area contributed by atoms with E-state index in [4.69, 9.17) is 14.5 Å². The van der Waals surface area contributed by atoms with Crippen LogP contribution >= 0.6 is 0 Å². The molecule has 136 valence electrons. The number of aromatic nitrogens is 2. The Bertz CT molecular complexity index is 1030. The van der Waals surface area contributed by atoms with Crippen molar-refractivity contribution in [1.29, 1.82) is 0 Å². The smallest absolute Gasteiger partial charge is 0.192 e. The van der Waals surface area contributed by atoms with Gasteiger partial charge in [-0.25, -0.2) is 4.98 Å². The molecule has 5 nitrogen and oxygen atoms in total. The van der Waals surface area contributed by atoms with Gasteiger partial charge in [-0.15, -0.1) is 0 Å². The summed E-state index contributed by atoms with van der Waals surface area (Å²) in [5, 5.41) is 0. The number of imidazole rings is 1. The molecule has 27 heavy (non-hydrogen) atoms. The van der Waals surface area contributed by atoms with Crippen molar-refractivity contribution in [3.05, 3.63) is 82.9 Å². The van der Waals surface area contributed by atoms with Crippen LogP contribution in [0.3, 0.4) is 0 Å². The highest BCUT2D eigenvalue weighted by atomic mass is 16.7. The van der Waals surface area contributed by atoms with Crippen molar-refractivity contribution in [3.63, 3.8) is 0 Å². The summed E-state index contributed by atoms with van der Waals surface area (Å²) < 4.78 is 14.0. The van der Waals surface area contributed by atoms with Gasteiger partial charge in [-0.05, 0) is 26.0 Å². The summed E-state index contributed by atoms with van der Waals surface area (Å²) in [7, 11) is 0. The van der Waals surface area contributed by atoms with Crippen LogP contribution in [0.4, 0.5) is 0 Å². The van der Waals surface area contributed by atoms with Gasteiger partial charge in [-0.2, -0.15) is 0 Å². The Hall–Kier alpha value is -2.76. The standard InChI is InChI=1S/C22H21N3O2/c1-15-13-23-20-14-24-21(16-6-4-3-5-7-16)18-12-17(8-9-19(18)25(15)20)22(2)26-10-11-27-22/h3-9,12-13H,10-11,14H2,1-2H3. The van der Waals surface area contributed by atoms with Crippen molar-refractivity contribution < 1.29 is 9.47 Å². The zero-order chi connectivity index (χ0) is 18.4. The lowest BCUT2D eigenvalue weighted by Crippen LogP contribution is -2.23. The average molecular weight is 359 g/mol. The topological polar surface area (TPSA) is 48.6 Å². The highest BCUT2D eigenvalue weighted by Gasteiger charge is 2.34. The largest absolute Gasteiger partial charge is 0.344 e. The second-order valence-corrected chi connectivity index (χ2v) is 7.06. The fourth-order valence-corrected chi connectivity index (χ4v) is 3.89. The van der Waals surface area contributed by atoms with E-state index in [9.17, 15) is 0 Å². The molecule has 0 radical (unpaired) electrons. The minimum absolute atomic E-state index is 0.548. The third-order valence-corrected chi connectivity index (χ3v) is 5.29.